The number of carbonyl (C=O) groups excluding carboxylic acids is 3. The molecule has 0 aliphatic carbocycles. The van der Waals surface area contributed by atoms with Gasteiger partial charge in [0, 0.05) is 35.9 Å². The van der Waals surface area contributed by atoms with Crippen LogP contribution in [0, 0.1) is 6.92 Å². The molecule has 2 aromatic rings. The predicted molar refractivity (Wildman–Crippen MR) is 106 cm³/mol. The van der Waals surface area contributed by atoms with E-state index in [1.54, 1.807) is 11.3 Å². The topological polar surface area (TPSA) is 81.8 Å². The van der Waals surface area contributed by atoms with Crippen LogP contribution >= 0.6 is 22.7 Å². The van der Waals surface area contributed by atoms with Gasteiger partial charge >= 0.3 is 6.03 Å². The minimum Gasteiger partial charge on any atom is -0.335 e. The number of carbonyl (C=O) groups is 3. The molecule has 1 aliphatic rings. The summed E-state index contributed by atoms with van der Waals surface area (Å²) in [6, 6.07) is 7.15. The number of piperazine rings is 1. The van der Waals surface area contributed by atoms with Crippen molar-refractivity contribution in [3.8, 4) is 0 Å². The SMILES string of the molecule is Cc1ccc(C(=O)N2CCN(CC(=O)NC(=O)NCc3cccs3)CC2)s1. The van der Waals surface area contributed by atoms with Crippen LogP contribution in [0.25, 0.3) is 0 Å². The third-order valence-corrected chi connectivity index (χ3v) is 6.10. The molecule has 1 fully saturated rings. The van der Waals surface area contributed by atoms with Gasteiger partial charge in [0.05, 0.1) is 18.0 Å². The lowest BCUT2D eigenvalue weighted by Gasteiger charge is -2.34. The highest BCUT2D eigenvalue weighted by Crippen LogP contribution is 2.18. The van der Waals surface area contributed by atoms with Gasteiger partial charge in [-0.2, -0.15) is 0 Å². The summed E-state index contributed by atoms with van der Waals surface area (Å²) in [6.07, 6.45) is 0. The lowest BCUT2D eigenvalue weighted by Crippen LogP contribution is -2.52. The molecule has 2 aromatic heterocycles. The first kappa shape index (κ1) is 19.5. The first-order chi connectivity index (χ1) is 13.0. The van der Waals surface area contributed by atoms with Gasteiger partial charge in [-0.3, -0.25) is 19.8 Å². The highest BCUT2D eigenvalue weighted by molar-refractivity contribution is 7.13. The van der Waals surface area contributed by atoms with Crippen LogP contribution in [-0.4, -0.2) is 60.4 Å². The maximum Gasteiger partial charge on any atom is 0.321 e. The molecule has 2 N–H and O–H groups in total. The van der Waals surface area contributed by atoms with Crippen LogP contribution in [0.1, 0.15) is 19.4 Å². The van der Waals surface area contributed by atoms with E-state index in [1.807, 2.05) is 46.4 Å². The van der Waals surface area contributed by atoms with Crippen molar-refractivity contribution in [1.82, 2.24) is 20.4 Å². The average molecular weight is 407 g/mol. The Labute approximate surface area is 166 Å². The Morgan fingerprint density at radius 3 is 2.52 bits per heavy atom. The van der Waals surface area contributed by atoms with Gasteiger partial charge in [0.2, 0.25) is 5.91 Å². The molecule has 1 aliphatic heterocycles. The quantitative estimate of drug-likeness (QED) is 0.795. The lowest BCUT2D eigenvalue weighted by atomic mass is 10.3. The highest BCUT2D eigenvalue weighted by Gasteiger charge is 2.24. The van der Waals surface area contributed by atoms with E-state index in [-0.39, 0.29) is 18.4 Å². The summed E-state index contributed by atoms with van der Waals surface area (Å²) in [4.78, 5) is 42.9. The van der Waals surface area contributed by atoms with Crippen LogP contribution in [0.4, 0.5) is 4.79 Å². The van der Waals surface area contributed by atoms with Crippen molar-refractivity contribution in [2.75, 3.05) is 32.7 Å². The molecule has 0 radical (unpaired) electrons. The molecular formula is C18H22N4O3S2. The zero-order chi connectivity index (χ0) is 19.2. The van der Waals surface area contributed by atoms with Crippen LogP contribution < -0.4 is 10.6 Å². The van der Waals surface area contributed by atoms with Crippen LogP contribution in [0.2, 0.25) is 0 Å². The Hall–Kier alpha value is -2.23. The molecule has 0 unspecified atom stereocenters. The summed E-state index contributed by atoms with van der Waals surface area (Å²) in [6.45, 7) is 4.91. The lowest BCUT2D eigenvalue weighted by molar-refractivity contribution is -0.121. The van der Waals surface area contributed by atoms with E-state index < -0.39 is 6.03 Å². The first-order valence-corrected chi connectivity index (χ1v) is 10.4. The normalized spacial score (nSPS) is 14.8. The Kier molecular flexibility index (Phi) is 6.59. The van der Waals surface area contributed by atoms with E-state index in [0.29, 0.717) is 32.7 Å². The van der Waals surface area contributed by atoms with E-state index >= 15 is 0 Å². The minimum atomic E-state index is -0.490. The molecule has 3 heterocycles. The second kappa shape index (κ2) is 9.12. The van der Waals surface area contributed by atoms with Crippen LogP contribution in [0.5, 0.6) is 0 Å². The zero-order valence-corrected chi connectivity index (χ0v) is 16.7. The fourth-order valence-corrected chi connectivity index (χ4v) is 4.29. The molecule has 3 rings (SSSR count). The zero-order valence-electron chi connectivity index (χ0n) is 15.1. The Balaban J connectivity index is 1.37. The van der Waals surface area contributed by atoms with Crippen molar-refractivity contribution in [1.29, 1.82) is 0 Å². The number of nitrogens with one attached hydrogen (secondary N) is 2. The summed E-state index contributed by atoms with van der Waals surface area (Å²) < 4.78 is 0. The Bertz CT molecular complexity index is 795. The number of rotatable bonds is 5. The van der Waals surface area contributed by atoms with Gasteiger partial charge in [0.25, 0.3) is 5.91 Å². The molecule has 0 aromatic carbocycles. The Morgan fingerprint density at radius 1 is 1.11 bits per heavy atom. The van der Waals surface area contributed by atoms with Crippen LogP contribution in [0.15, 0.2) is 29.6 Å². The van der Waals surface area contributed by atoms with E-state index in [2.05, 4.69) is 10.6 Å². The number of amides is 4. The molecule has 27 heavy (non-hydrogen) atoms. The molecule has 7 nitrogen and oxygen atoms in total. The number of nitrogens with zero attached hydrogens (tertiary/aromatic N) is 2. The van der Waals surface area contributed by atoms with Gasteiger partial charge in [-0.15, -0.1) is 22.7 Å². The predicted octanol–water partition coefficient (Wildman–Crippen LogP) is 1.90. The third-order valence-electron chi connectivity index (χ3n) is 4.23. The van der Waals surface area contributed by atoms with Crippen molar-refractivity contribution in [3.63, 3.8) is 0 Å². The molecule has 9 heteroatoms. The largest absolute Gasteiger partial charge is 0.335 e. The monoisotopic (exact) mass is 406 g/mol. The molecule has 0 atom stereocenters. The molecule has 0 bridgehead atoms. The number of hydrogen-bond acceptors (Lipinski definition) is 6. The second-order valence-electron chi connectivity index (χ2n) is 6.29. The number of imide groups is 1. The molecule has 1 saturated heterocycles. The van der Waals surface area contributed by atoms with Crippen molar-refractivity contribution < 1.29 is 14.4 Å². The summed E-state index contributed by atoms with van der Waals surface area (Å²) in [5.41, 5.74) is 0. The molecular weight excluding hydrogens is 384 g/mol. The third kappa shape index (κ3) is 5.62. The van der Waals surface area contributed by atoms with E-state index in [4.69, 9.17) is 0 Å². The van der Waals surface area contributed by atoms with Crippen LogP contribution in [-0.2, 0) is 11.3 Å². The van der Waals surface area contributed by atoms with Crippen molar-refractivity contribution in [2.45, 2.75) is 13.5 Å². The standard InChI is InChI=1S/C18H22N4O3S2/c1-13-4-5-15(27-13)17(24)22-8-6-21(7-9-22)12-16(23)20-18(25)19-11-14-3-2-10-26-14/h2-5,10H,6-9,11-12H2,1H3,(H2,19,20,23,25). The second-order valence-corrected chi connectivity index (χ2v) is 8.61. The Morgan fingerprint density at radius 2 is 1.89 bits per heavy atom. The van der Waals surface area contributed by atoms with Crippen molar-refractivity contribution >= 4 is 40.5 Å². The van der Waals surface area contributed by atoms with E-state index in [9.17, 15) is 14.4 Å². The number of hydrogen-bond donors (Lipinski definition) is 2. The smallest absolute Gasteiger partial charge is 0.321 e. The van der Waals surface area contributed by atoms with Gasteiger partial charge in [-0.05, 0) is 30.5 Å². The van der Waals surface area contributed by atoms with Crippen molar-refractivity contribution in [3.05, 3.63) is 44.3 Å². The maximum absolute atomic E-state index is 12.4. The van der Waals surface area contributed by atoms with Gasteiger partial charge in [0.1, 0.15) is 0 Å². The van der Waals surface area contributed by atoms with E-state index in [1.165, 1.54) is 11.3 Å². The van der Waals surface area contributed by atoms with Gasteiger partial charge < -0.3 is 10.2 Å². The fraction of sp³-hybridized carbons (Fsp3) is 0.389. The summed E-state index contributed by atoms with van der Waals surface area (Å²) in [5, 5.41) is 6.95. The summed E-state index contributed by atoms with van der Waals surface area (Å²) in [7, 11) is 0. The van der Waals surface area contributed by atoms with Gasteiger partial charge in [0.15, 0.2) is 0 Å². The van der Waals surface area contributed by atoms with E-state index in [0.717, 1.165) is 14.6 Å². The van der Waals surface area contributed by atoms with Crippen LogP contribution in [0.3, 0.4) is 0 Å². The molecule has 144 valence electrons. The first-order valence-electron chi connectivity index (χ1n) is 8.69. The molecule has 0 spiro atoms. The van der Waals surface area contributed by atoms with Gasteiger partial charge in [-0.1, -0.05) is 6.07 Å². The average Bonchev–Trinajstić information content (AvgIpc) is 3.31. The minimum absolute atomic E-state index is 0.0464. The maximum atomic E-state index is 12.4. The van der Waals surface area contributed by atoms with Crippen molar-refractivity contribution in [2.24, 2.45) is 0 Å². The number of thiophene rings is 2. The summed E-state index contributed by atoms with van der Waals surface area (Å²) in [5.74, 6) is -0.294. The fourth-order valence-electron chi connectivity index (χ4n) is 2.81. The number of urea groups is 1. The number of aryl methyl sites for hydroxylation is 1. The van der Waals surface area contributed by atoms with Gasteiger partial charge in [-0.25, -0.2) is 4.79 Å². The summed E-state index contributed by atoms with van der Waals surface area (Å²) >= 11 is 3.05. The highest BCUT2D eigenvalue weighted by atomic mass is 32.1. The molecule has 4 amide bonds. The molecule has 0 saturated carbocycles.